The fourth-order valence-corrected chi connectivity index (χ4v) is 5.78. The van der Waals surface area contributed by atoms with Crippen LogP contribution in [0.4, 0.5) is 5.95 Å². The highest BCUT2D eigenvalue weighted by molar-refractivity contribution is 9.10. The number of anilines is 1. The molecule has 8 heteroatoms. The van der Waals surface area contributed by atoms with E-state index in [1.807, 2.05) is 30.6 Å². The summed E-state index contributed by atoms with van der Waals surface area (Å²) >= 11 is 9.92. The number of hydrogen-bond donors (Lipinski definition) is 1. The number of piperidine rings is 1. The van der Waals surface area contributed by atoms with Gasteiger partial charge in [0.25, 0.3) is 0 Å². The second kappa shape index (κ2) is 7.54. The molecule has 32 heavy (non-hydrogen) atoms. The number of nitrogens with two attached hydrogens (primary N) is 1. The molecule has 1 saturated heterocycles. The lowest BCUT2D eigenvalue weighted by Gasteiger charge is -2.42. The molecule has 6 nitrogen and oxygen atoms in total. The van der Waals surface area contributed by atoms with Crippen molar-refractivity contribution in [2.24, 2.45) is 11.1 Å². The SMILES string of the molecule is N[C@@H]1c2ccccc2CC12CCN(c1ncc3cn(-c4cccc(Br)c4Cl)nc3n1)CC2. The second-order valence-electron chi connectivity index (χ2n) is 8.80. The first-order valence-corrected chi connectivity index (χ1v) is 12.0. The van der Waals surface area contributed by atoms with Crippen LogP contribution in [0.25, 0.3) is 16.7 Å². The van der Waals surface area contributed by atoms with Crippen molar-refractivity contribution in [1.82, 2.24) is 19.7 Å². The Bertz CT molecular complexity index is 1330. The van der Waals surface area contributed by atoms with E-state index in [0.717, 1.165) is 53.8 Å². The molecule has 1 atom stereocenters. The maximum Gasteiger partial charge on any atom is 0.227 e. The van der Waals surface area contributed by atoms with E-state index in [1.165, 1.54) is 11.1 Å². The van der Waals surface area contributed by atoms with Crippen molar-refractivity contribution in [2.45, 2.75) is 25.3 Å². The molecule has 1 aliphatic heterocycles. The van der Waals surface area contributed by atoms with Gasteiger partial charge in [0.15, 0.2) is 5.65 Å². The summed E-state index contributed by atoms with van der Waals surface area (Å²) in [6, 6.07) is 14.5. The smallest absolute Gasteiger partial charge is 0.227 e. The topological polar surface area (TPSA) is 72.9 Å². The Morgan fingerprint density at radius 3 is 2.72 bits per heavy atom. The summed E-state index contributed by atoms with van der Waals surface area (Å²) in [5.41, 5.74) is 11.0. The monoisotopic (exact) mass is 508 g/mol. The van der Waals surface area contributed by atoms with Gasteiger partial charge in [0, 0.05) is 36.0 Å². The van der Waals surface area contributed by atoms with Crippen molar-refractivity contribution in [2.75, 3.05) is 18.0 Å². The number of nitrogens with zero attached hydrogens (tertiary/aromatic N) is 5. The molecule has 0 radical (unpaired) electrons. The van der Waals surface area contributed by atoms with E-state index in [2.05, 4.69) is 55.2 Å². The summed E-state index contributed by atoms with van der Waals surface area (Å²) in [6.45, 7) is 1.79. The lowest BCUT2D eigenvalue weighted by Crippen LogP contribution is -2.44. The van der Waals surface area contributed by atoms with Gasteiger partial charge >= 0.3 is 0 Å². The van der Waals surface area contributed by atoms with Crippen LogP contribution in [-0.4, -0.2) is 32.8 Å². The zero-order chi connectivity index (χ0) is 21.9. The highest BCUT2D eigenvalue weighted by Gasteiger charge is 2.46. The number of halogens is 2. The van der Waals surface area contributed by atoms with Gasteiger partial charge in [0.1, 0.15) is 0 Å². The zero-order valence-corrected chi connectivity index (χ0v) is 19.7. The molecule has 3 heterocycles. The molecular formula is C24H22BrClN6. The number of benzene rings is 2. The molecule has 1 spiro atoms. The first kappa shape index (κ1) is 20.1. The Balaban J connectivity index is 1.24. The molecule has 2 aliphatic rings. The highest BCUT2D eigenvalue weighted by Crippen LogP contribution is 2.50. The van der Waals surface area contributed by atoms with Crippen LogP contribution in [0.15, 0.2) is 59.3 Å². The van der Waals surface area contributed by atoms with Gasteiger partial charge in [-0.1, -0.05) is 41.9 Å². The van der Waals surface area contributed by atoms with Crippen molar-refractivity contribution < 1.29 is 0 Å². The molecule has 0 unspecified atom stereocenters. The molecule has 0 amide bonds. The van der Waals surface area contributed by atoms with Crippen LogP contribution in [0.3, 0.4) is 0 Å². The van der Waals surface area contributed by atoms with E-state index >= 15 is 0 Å². The molecule has 0 bridgehead atoms. The predicted molar refractivity (Wildman–Crippen MR) is 130 cm³/mol. The Kier molecular flexibility index (Phi) is 4.75. The summed E-state index contributed by atoms with van der Waals surface area (Å²) < 4.78 is 2.59. The average Bonchev–Trinajstić information content (AvgIpc) is 3.35. The van der Waals surface area contributed by atoms with Gasteiger partial charge in [-0.2, -0.15) is 4.98 Å². The first-order valence-electron chi connectivity index (χ1n) is 10.8. The summed E-state index contributed by atoms with van der Waals surface area (Å²) in [5, 5.41) is 6.16. The first-order chi connectivity index (χ1) is 15.5. The third-order valence-electron chi connectivity index (χ3n) is 7.06. The minimum atomic E-state index is 0.106. The average molecular weight is 510 g/mol. The molecule has 162 valence electrons. The molecule has 2 N–H and O–H groups in total. The van der Waals surface area contributed by atoms with Crippen LogP contribution < -0.4 is 10.6 Å². The minimum absolute atomic E-state index is 0.106. The Labute approximate surface area is 199 Å². The van der Waals surface area contributed by atoms with Crippen LogP contribution in [0, 0.1) is 5.41 Å². The predicted octanol–water partition coefficient (Wildman–Crippen LogP) is 5.07. The fourth-order valence-electron chi connectivity index (χ4n) is 5.21. The number of fused-ring (bicyclic) bond motifs is 2. The Morgan fingerprint density at radius 2 is 1.91 bits per heavy atom. The van der Waals surface area contributed by atoms with Crippen LogP contribution in [0.5, 0.6) is 0 Å². The Hall–Kier alpha value is -2.48. The van der Waals surface area contributed by atoms with E-state index in [9.17, 15) is 0 Å². The molecule has 6 rings (SSSR count). The van der Waals surface area contributed by atoms with E-state index in [0.29, 0.717) is 10.7 Å². The summed E-state index contributed by atoms with van der Waals surface area (Å²) in [6.07, 6.45) is 6.88. The molecule has 0 saturated carbocycles. The quantitative estimate of drug-likeness (QED) is 0.408. The van der Waals surface area contributed by atoms with E-state index in [-0.39, 0.29) is 11.5 Å². The standard InChI is InChI=1S/C24H22BrClN6/c25-18-6-3-7-19(20(18)26)32-14-16-13-28-23(29-22(16)30-32)31-10-8-24(9-11-31)12-15-4-1-2-5-17(15)21(24)27/h1-7,13-14,21H,8-12,27H2/t21-/m1/s1. The number of hydrogen-bond acceptors (Lipinski definition) is 5. The van der Waals surface area contributed by atoms with E-state index < -0.39 is 0 Å². The molecular weight excluding hydrogens is 488 g/mol. The van der Waals surface area contributed by atoms with Crippen molar-refractivity contribution in [3.63, 3.8) is 0 Å². The number of aromatic nitrogens is 4. The zero-order valence-electron chi connectivity index (χ0n) is 17.4. The molecule has 2 aromatic heterocycles. The van der Waals surface area contributed by atoms with Gasteiger partial charge in [-0.3, -0.25) is 0 Å². The highest BCUT2D eigenvalue weighted by atomic mass is 79.9. The third kappa shape index (κ3) is 3.14. The van der Waals surface area contributed by atoms with Crippen molar-refractivity contribution >= 4 is 44.5 Å². The van der Waals surface area contributed by atoms with Crippen molar-refractivity contribution in [3.05, 3.63) is 75.5 Å². The molecule has 2 aromatic carbocycles. The third-order valence-corrected chi connectivity index (χ3v) is 8.35. The van der Waals surface area contributed by atoms with E-state index in [1.54, 1.807) is 4.68 Å². The van der Waals surface area contributed by atoms with Crippen LogP contribution in [0.2, 0.25) is 5.02 Å². The summed E-state index contributed by atoms with van der Waals surface area (Å²) in [7, 11) is 0. The fraction of sp³-hybridized carbons (Fsp3) is 0.292. The van der Waals surface area contributed by atoms with Crippen LogP contribution >= 0.6 is 27.5 Å². The summed E-state index contributed by atoms with van der Waals surface area (Å²) in [5.74, 6) is 0.724. The Morgan fingerprint density at radius 1 is 1.09 bits per heavy atom. The van der Waals surface area contributed by atoms with Gasteiger partial charge in [-0.15, -0.1) is 5.10 Å². The normalized spacial score (nSPS) is 19.6. The van der Waals surface area contributed by atoms with Gasteiger partial charge < -0.3 is 10.6 Å². The lowest BCUT2D eigenvalue weighted by molar-refractivity contribution is 0.187. The maximum absolute atomic E-state index is 6.72. The summed E-state index contributed by atoms with van der Waals surface area (Å²) in [4.78, 5) is 11.7. The largest absolute Gasteiger partial charge is 0.341 e. The second-order valence-corrected chi connectivity index (χ2v) is 10.0. The molecule has 1 aliphatic carbocycles. The minimum Gasteiger partial charge on any atom is -0.341 e. The van der Waals surface area contributed by atoms with Crippen molar-refractivity contribution in [1.29, 1.82) is 0 Å². The van der Waals surface area contributed by atoms with Gasteiger partial charge in [-0.05, 0) is 63.9 Å². The number of rotatable bonds is 2. The maximum atomic E-state index is 6.72. The van der Waals surface area contributed by atoms with Gasteiger partial charge in [0.2, 0.25) is 5.95 Å². The molecule has 1 fully saturated rings. The van der Waals surface area contributed by atoms with Gasteiger partial charge in [-0.25, -0.2) is 9.67 Å². The van der Waals surface area contributed by atoms with E-state index in [4.69, 9.17) is 22.3 Å². The van der Waals surface area contributed by atoms with Crippen molar-refractivity contribution in [3.8, 4) is 5.69 Å². The molecule has 4 aromatic rings. The van der Waals surface area contributed by atoms with Crippen LogP contribution in [-0.2, 0) is 6.42 Å². The van der Waals surface area contributed by atoms with Crippen LogP contribution in [0.1, 0.15) is 30.0 Å². The van der Waals surface area contributed by atoms with Gasteiger partial charge in [0.05, 0.1) is 16.1 Å². The lowest BCUT2D eigenvalue weighted by atomic mass is 9.73.